The Labute approximate surface area is 72.8 Å². The quantitative estimate of drug-likeness (QED) is 0.541. The summed E-state index contributed by atoms with van der Waals surface area (Å²) in [6.07, 6.45) is -3.76. The molecule has 0 heterocycles. The van der Waals surface area contributed by atoms with Gasteiger partial charge in [0.05, 0.1) is 12.7 Å². The van der Waals surface area contributed by atoms with E-state index in [9.17, 15) is 13.2 Å². The first-order valence-electron chi connectivity index (χ1n) is 3.42. The van der Waals surface area contributed by atoms with Gasteiger partial charge in [-0.05, 0) is 12.1 Å². The summed E-state index contributed by atoms with van der Waals surface area (Å²) in [5, 5.41) is 0. The molecule has 5 heteroatoms. The molecule has 1 aromatic carbocycles. The van der Waals surface area contributed by atoms with Crippen LogP contribution in [0.15, 0.2) is 24.3 Å². The highest BCUT2D eigenvalue weighted by atomic mass is 19.3. The normalized spacial score (nSPS) is 11.7. The smallest absolute Gasteiger partial charge is 0.234 e. The van der Waals surface area contributed by atoms with Crippen molar-refractivity contribution < 1.29 is 22.9 Å². The number of halogens is 3. The highest BCUT2D eigenvalue weighted by molar-refractivity contribution is 5.20. The van der Waals surface area contributed by atoms with Crippen LogP contribution < -0.4 is 0 Å². The molecule has 0 amide bonds. The summed E-state index contributed by atoms with van der Waals surface area (Å²) in [7, 11) is 0.925. The zero-order chi connectivity index (χ0) is 9.90. The van der Waals surface area contributed by atoms with E-state index in [0.29, 0.717) is 0 Å². The molecule has 72 valence electrons. The molecule has 0 aliphatic rings. The maximum absolute atomic E-state index is 12.8. The molecule has 0 fully saturated rings. The van der Waals surface area contributed by atoms with E-state index in [1.54, 1.807) is 0 Å². The lowest BCUT2D eigenvalue weighted by atomic mass is 10.2. The molecule has 0 bridgehead atoms. The van der Waals surface area contributed by atoms with E-state index in [0.717, 1.165) is 19.2 Å². The summed E-state index contributed by atoms with van der Waals surface area (Å²) < 4.78 is 38.5. The second-order valence-corrected chi connectivity index (χ2v) is 2.25. The van der Waals surface area contributed by atoms with Crippen LogP contribution in [0.5, 0.6) is 0 Å². The van der Waals surface area contributed by atoms with Gasteiger partial charge >= 0.3 is 6.11 Å². The van der Waals surface area contributed by atoms with Crippen molar-refractivity contribution in [3.8, 4) is 0 Å². The Kier molecular flexibility index (Phi) is 2.90. The van der Waals surface area contributed by atoms with Crippen molar-refractivity contribution in [2.75, 3.05) is 7.11 Å². The minimum Gasteiger partial charge on any atom is -0.234 e. The van der Waals surface area contributed by atoms with Crippen LogP contribution in [0.2, 0.25) is 0 Å². The molecule has 0 saturated heterocycles. The van der Waals surface area contributed by atoms with Gasteiger partial charge in [0.1, 0.15) is 5.82 Å². The van der Waals surface area contributed by atoms with Crippen molar-refractivity contribution in [3.63, 3.8) is 0 Å². The summed E-state index contributed by atoms with van der Waals surface area (Å²) in [4.78, 5) is 7.42. The van der Waals surface area contributed by atoms with Crippen LogP contribution in [-0.2, 0) is 15.9 Å². The van der Waals surface area contributed by atoms with E-state index >= 15 is 0 Å². The molecule has 2 nitrogen and oxygen atoms in total. The Balaban J connectivity index is 2.99. The maximum atomic E-state index is 12.8. The molecule has 0 aliphatic carbocycles. The Morgan fingerprint density at radius 3 is 2.38 bits per heavy atom. The third kappa shape index (κ3) is 2.19. The van der Waals surface area contributed by atoms with E-state index < -0.39 is 17.5 Å². The van der Waals surface area contributed by atoms with Crippen LogP contribution in [0.25, 0.3) is 0 Å². The summed E-state index contributed by atoms with van der Waals surface area (Å²) in [6.45, 7) is 0. The third-order valence-electron chi connectivity index (χ3n) is 1.38. The van der Waals surface area contributed by atoms with Gasteiger partial charge in [-0.1, -0.05) is 12.1 Å². The van der Waals surface area contributed by atoms with Crippen molar-refractivity contribution in [1.29, 1.82) is 0 Å². The molecule has 1 rings (SSSR count). The molecule has 0 saturated carbocycles. The summed E-state index contributed by atoms with van der Waals surface area (Å²) in [6, 6.07) is 4.43. The zero-order valence-electron chi connectivity index (χ0n) is 6.76. The average molecular weight is 192 g/mol. The predicted octanol–water partition coefficient (Wildman–Crippen LogP) is 2.45. The van der Waals surface area contributed by atoms with Gasteiger partial charge in [-0.25, -0.2) is 9.28 Å². The maximum Gasteiger partial charge on any atom is 0.410 e. The second-order valence-electron chi connectivity index (χ2n) is 2.25. The van der Waals surface area contributed by atoms with E-state index in [2.05, 4.69) is 9.78 Å². The topological polar surface area (TPSA) is 18.5 Å². The molecule has 13 heavy (non-hydrogen) atoms. The minimum atomic E-state index is -3.76. The van der Waals surface area contributed by atoms with E-state index in [-0.39, 0.29) is 0 Å². The van der Waals surface area contributed by atoms with Gasteiger partial charge in [0.25, 0.3) is 0 Å². The first-order valence-corrected chi connectivity index (χ1v) is 3.42. The molecule has 0 radical (unpaired) electrons. The first kappa shape index (κ1) is 10.0. The highest BCUT2D eigenvalue weighted by Crippen LogP contribution is 2.30. The number of benzene rings is 1. The van der Waals surface area contributed by atoms with E-state index in [1.807, 2.05) is 0 Å². The summed E-state index contributed by atoms with van der Waals surface area (Å²) in [5.74, 6) is -1.04. The van der Waals surface area contributed by atoms with Gasteiger partial charge in [-0.15, -0.1) is 0 Å². The molecule has 0 atom stereocenters. The van der Waals surface area contributed by atoms with Crippen LogP contribution in [0, 0.1) is 5.82 Å². The van der Waals surface area contributed by atoms with Crippen molar-refractivity contribution in [1.82, 2.24) is 0 Å². The molecular weight excluding hydrogens is 185 g/mol. The standard InChI is InChI=1S/C8H7F3O2/c1-12-13-8(10,11)6-4-2-3-5-7(6)9/h2-5H,1H3. The molecule has 0 spiro atoms. The Hall–Kier alpha value is -1.07. The van der Waals surface area contributed by atoms with E-state index in [4.69, 9.17) is 0 Å². The zero-order valence-corrected chi connectivity index (χ0v) is 6.76. The molecule has 1 aromatic rings. The van der Waals surface area contributed by atoms with Crippen LogP contribution in [0.3, 0.4) is 0 Å². The fourth-order valence-corrected chi connectivity index (χ4v) is 0.847. The van der Waals surface area contributed by atoms with Gasteiger partial charge in [0.15, 0.2) is 0 Å². The number of alkyl halides is 2. The van der Waals surface area contributed by atoms with Gasteiger partial charge < -0.3 is 0 Å². The summed E-state index contributed by atoms with van der Waals surface area (Å²) >= 11 is 0. The van der Waals surface area contributed by atoms with Gasteiger partial charge in [0, 0.05) is 0 Å². The monoisotopic (exact) mass is 192 g/mol. The predicted molar refractivity (Wildman–Crippen MR) is 38.4 cm³/mol. The first-order chi connectivity index (χ1) is 6.08. The third-order valence-corrected chi connectivity index (χ3v) is 1.38. The summed E-state index contributed by atoms with van der Waals surface area (Å²) in [5.41, 5.74) is -0.850. The van der Waals surface area contributed by atoms with Crippen molar-refractivity contribution in [2.24, 2.45) is 0 Å². The lowest BCUT2D eigenvalue weighted by Crippen LogP contribution is -2.19. The van der Waals surface area contributed by atoms with Gasteiger partial charge in [0.2, 0.25) is 0 Å². The van der Waals surface area contributed by atoms with Crippen LogP contribution in [0.4, 0.5) is 13.2 Å². The van der Waals surface area contributed by atoms with Crippen LogP contribution in [0.1, 0.15) is 5.56 Å². The van der Waals surface area contributed by atoms with Crippen molar-refractivity contribution >= 4 is 0 Å². The highest BCUT2D eigenvalue weighted by Gasteiger charge is 2.36. The van der Waals surface area contributed by atoms with Crippen molar-refractivity contribution in [3.05, 3.63) is 35.6 Å². The fraction of sp³-hybridized carbons (Fsp3) is 0.250. The van der Waals surface area contributed by atoms with Gasteiger partial charge in [-0.2, -0.15) is 13.7 Å². The SMILES string of the molecule is COOC(F)(F)c1ccccc1F. The molecule has 0 aromatic heterocycles. The Bertz CT molecular complexity index is 288. The molecule has 0 N–H and O–H groups in total. The lowest BCUT2D eigenvalue weighted by Gasteiger charge is -2.14. The lowest BCUT2D eigenvalue weighted by molar-refractivity contribution is -0.437. The molecule has 0 aliphatic heterocycles. The largest absolute Gasteiger partial charge is 0.410 e. The second kappa shape index (κ2) is 3.76. The molecule has 0 unspecified atom stereocenters. The van der Waals surface area contributed by atoms with Crippen LogP contribution in [-0.4, -0.2) is 7.11 Å². The van der Waals surface area contributed by atoms with E-state index in [1.165, 1.54) is 12.1 Å². The average Bonchev–Trinajstić information content (AvgIpc) is 2.04. The number of hydrogen-bond donors (Lipinski definition) is 0. The minimum absolute atomic E-state index is 0.850. The van der Waals surface area contributed by atoms with Gasteiger partial charge in [-0.3, -0.25) is 0 Å². The number of rotatable bonds is 3. The van der Waals surface area contributed by atoms with Crippen molar-refractivity contribution in [2.45, 2.75) is 6.11 Å². The Morgan fingerprint density at radius 1 is 1.23 bits per heavy atom. The van der Waals surface area contributed by atoms with Crippen LogP contribution >= 0.6 is 0 Å². The Morgan fingerprint density at radius 2 is 1.85 bits per heavy atom. The fourth-order valence-electron chi connectivity index (χ4n) is 0.847. The molecular formula is C8H7F3O2. The number of hydrogen-bond acceptors (Lipinski definition) is 2.